The normalized spacial score (nSPS) is 14.2. The lowest BCUT2D eigenvalue weighted by molar-refractivity contribution is -0.169. The molecule has 0 saturated carbocycles. The van der Waals surface area contributed by atoms with E-state index < -0.39 is 25.6 Å². The van der Waals surface area contributed by atoms with E-state index in [4.69, 9.17) is 4.52 Å². The van der Waals surface area contributed by atoms with E-state index in [1.54, 1.807) is 6.20 Å². The molecule has 0 amide bonds. The molecule has 0 radical (unpaired) electrons. The first-order valence-electron chi connectivity index (χ1n) is 7.63. The van der Waals surface area contributed by atoms with Crippen molar-refractivity contribution in [1.82, 2.24) is 20.4 Å². The van der Waals surface area contributed by atoms with Crippen molar-refractivity contribution >= 4 is 12.4 Å². The number of halogens is 5. The van der Waals surface area contributed by atoms with E-state index in [0.29, 0.717) is 6.54 Å². The Hall–Kier alpha value is -1.78. The monoisotopic (exact) mass is 396 g/mol. The summed E-state index contributed by atoms with van der Waals surface area (Å²) in [4.78, 5) is 8.43. The molecule has 3 rings (SSSR count). The summed E-state index contributed by atoms with van der Waals surface area (Å²) >= 11 is 0. The SMILES string of the molecule is Cc1ncc2c(c1-c1noc(COCC(F)(F)C(F)F)n1)CCNC2.Cl. The van der Waals surface area contributed by atoms with E-state index in [1.165, 1.54) is 0 Å². The minimum Gasteiger partial charge on any atom is -0.365 e. The molecule has 0 unspecified atom stereocenters. The molecule has 0 aromatic carbocycles. The minimum atomic E-state index is -4.21. The number of ether oxygens (including phenoxy) is 1. The predicted molar refractivity (Wildman–Crippen MR) is 85.5 cm³/mol. The molecule has 0 spiro atoms. The first-order valence-corrected chi connectivity index (χ1v) is 7.63. The number of hydrogen-bond donors (Lipinski definition) is 1. The van der Waals surface area contributed by atoms with Gasteiger partial charge in [0.15, 0.2) is 0 Å². The number of alkyl halides is 4. The smallest absolute Gasteiger partial charge is 0.330 e. The van der Waals surface area contributed by atoms with E-state index in [-0.39, 0.29) is 24.1 Å². The zero-order valence-electron chi connectivity index (χ0n) is 13.8. The number of rotatable bonds is 6. The summed E-state index contributed by atoms with van der Waals surface area (Å²) in [7, 11) is 0. The number of fused-ring (bicyclic) bond motifs is 1. The molecule has 144 valence electrons. The van der Waals surface area contributed by atoms with Crippen molar-refractivity contribution in [2.75, 3.05) is 13.2 Å². The van der Waals surface area contributed by atoms with E-state index >= 15 is 0 Å². The largest absolute Gasteiger partial charge is 0.365 e. The first-order chi connectivity index (χ1) is 11.9. The lowest BCUT2D eigenvalue weighted by atomic mass is 9.95. The Balaban J connectivity index is 0.00000243. The zero-order valence-corrected chi connectivity index (χ0v) is 14.6. The fourth-order valence-electron chi connectivity index (χ4n) is 2.62. The fourth-order valence-corrected chi connectivity index (χ4v) is 2.62. The number of aryl methyl sites for hydroxylation is 1. The number of pyridine rings is 1. The molecule has 1 aliphatic rings. The molecule has 0 aliphatic carbocycles. The van der Waals surface area contributed by atoms with Crippen LogP contribution in [0, 0.1) is 6.92 Å². The number of aromatic nitrogens is 3. The van der Waals surface area contributed by atoms with Crippen molar-refractivity contribution in [1.29, 1.82) is 0 Å². The van der Waals surface area contributed by atoms with Crippen LogP contribution in [-0.4, -0.2) is 40.6 Å². The van der Waals surface area contributed by atoms with Crippen LogP contribution in [-0.2, 0) is 24.3 Å². The van der Waals surface area contributed by atoms with Gasteiger partial charge in [-0.25, -0.2) is 8.78 Å². The van der Waals surface area contributed by atoms with Gasteiger partial charge in [-0.3, -0.25) is 4.98 Å². The minimum absolute atomic E-state index is 0. The highest BCUT2D eigenvalue weighted by Gasteiger charge is 2.41. The van der Waals surface area contributed by atoms with Crippen LogP contribution in [0.1, 0.15) is 22.7 Å². The number of hydrogen-bond acceptors (Lipinski definition) is 6. The average molecular weight is 397 g/mol. The fraction of sp³-hybridized carbons (Fsp3) is 0.533. The molecule has 26 heavy (non-hydrogen) atoms. The van der Waals surface area contributed by atoms with Gasteiger partial charge in [-0.15, -0.1) is 12.4 Å². The van der Waals surface area contributed by atoms with Crippen LogP contribution < -0.4 is 5.32 Å². The summed E-state index contributed by atoms with van der Waals surface area (Å²) in [6.07, 6.45) is -1.23. The van der Waals surface area contributed by atoms with E-state index in [1.807, 2.05) is 6.92 Å². The first kappa shape index (κ1) is 20.5. The van der Waals surface area contributed by atoms with Crippen molar-refractivity contribution in [3.63, 3.8) is 0 Å². The second-order valence-electron chi connectivity index (χ2n) is 5.72. The summed E-state index contributed by atoms with van der Waals surface area (Å²) in [6, 6.07) is 0. The standard InChI is InChI=1S/C15H16F4N4O2.ClH/c1-8-12(10-2-3-20-4-9(10)5-21-8)13-22-11(25-23-13)6-24-7-15(18,19)14(16)17;/h5,14,20H,2-4,6-7H2,1H3;1H. The van der Waals surface area contributed by atoms with Gasteiger partial charge in [0.25, 0.3) is 5.89 Å². The van der Waals surface area contributed by atoms with Crippen LogP contribution in [0.3, 0.4) is 0 Å². The summed E-state index contributed by atoms with van der Waals surface area (Å²) in [5.41, 5.74) is 3.56. The average Bonchev–Trinajstić information content (AvgIpc) is 3.02. The van der Waals surface area contributed by atoms with Gasteiger partial charge in [0, 0.05) is 24.0 Å². The maximum absolute atomic E-state index is 12.8. The van der Waals surface area contributed by atoms with Crippen molar-refractivity contribution in [2.45, 2.75) is 38.8 Å². The lowest BCUT2D eigenvalue weighted by Crippen LogP contribution is -2.32. The quantitative estimate of drug-likeness (QED) is 0.757. The van der Waals surface area contributed by atoms with Crippen LogP contribution >= 0.6 is 12.4 Å². The van der Waals surface area contributed by atoms with Gasteiger partial charge < -0.3 is 14.6 Å². The van der Waals surface area contributed by atoms with Crippen LogP contribution in [0.5, 0.6) is 0 Å². The predicted octanol–water partition coefficient (Wildman–Crippen LogP) is 2.92. The highest BCUT2D eigenvalue weighted by atomic mass is 35.5. The maximum atomic E-state index is 12.8. The van der Waals surface area contributed by atoms with Gasteiger partial charge in [0.2, 0.25) is 5.82 Å². The third kappa shape index (κ3) is 4.30. The third-order valence-corrected chi connectivity index (χ3v) is 3.86. The molecule has 0 saturated heterocycles. The Bertz CT molecular complexity index is 757. The van der Waals surface area contributed by atoms with Gasteiger partial charge in [-0.05, 0) is 31.0 Å². The lowest BCUT2D eigenvalue weighted by Gasteiger charge is -2.19. The van der Waals surface area contributed by atoms with Gasteiger partial charge in [0.1, 0.15) is 13.2 Å². The van der Waals surface area contributed by atoms with Crippen molar-refractivity contribution in [2.24, 2.45) is 0 Å². The van der Waals surface area contributed by atoms with Gasteiger partial charge in [-0.1, -0.05) is 5.16 Å². The number of nitrogens with one attached hydrogen (secondary N) is 1. The maximum Gasteiger partial charge on any atom is 0.330 e. The van der Waals surface area contributed by atoms with Gasteiger partial charge >= 0.3 is 12.3 Å². The molecule has 3 heterocycles. The number of nitrogens with zero attached hydrogens (tertiary/aromatic N) is 3. The molecule has 0 atom stereocenters. The van der Waals surface area contributed by atoms with Crippen molar-refractivity contribution in [3.05, 3.63) is 28.9 Å². The van der Waals surface area contributed by atoms with Crippen LogP contribution in [0.15, 0.2) is 10.7 Å². The summed E-state index contributed by atoms with van der Waals surface area (Å²) in [5, 5.41) is 7.08. The molecule has 2 aromatic rings. The summed E-state index contributed by atoms with van der Waals surface area (Å²) in [6.45, 7) is 1.41. The van der Waals surface area contributed by atoms with Gasteiger partial charge in [-0.2, -0.15) is 13.8 Å². The Morgan fingerprint density at radius 3 is 2.88 bits per heavy atom. The second-order valence-corrected chi connectivity index (χ2v) is 5.72. The molecule has 2 aromatic heterocycles. The second kappa shape index (κ2) is 8.28. The van der Waals surface area contributed by atoms with Crippen molar-refractivity contribution < 1.29 is 26.8 Å². The summed E-state index contributed by atoms with van der Waals surface area (Å²) < 4.78 is 59.3. The highest BCUT2D eigenvalue weighted by molar-refractivity contribution is 5.85. The Morgan fingerprint density at radius 1 is 1.38 bits per heavy atom. The molecular formula is C15H17ClF4N4O2. The third-order valence-electron chi connectivity index (χ3n) is 3.86. The van der Waals surface area contributed by atoms with Gasteiger partial charge in [0.05, 0.1) is 0 Å². The highest BCUT2D eigenvalue weighted by Crippen LogP contribution is 2.29. The molecule has 11 heteroatoms. The summed E-state index contributed by atoms with van der Waals surface area (Å²) in [5.74, 6) is -4.00. The zero-order chi connectivity index (χ0) is 18.0. The van der Waals surface area contributed by atoms with E-state index in [2.05, 4.69) is 25.2 Å². The topological polar surface area (TPSA) is 73.1 Å². The Morgan fingerprint density at radius 2 is 2.15 bits per heavy atom. The molecule has 0 fully saturated rings. The van der Waals surface area contributed by atoms with Crippen LogP contribution in [0.25, 0.3) is 11.4 Å². The molecular weight excluding hydrogens is 380 g/mol. The Labute approximate surface area is 152 Å². The van der Waals surface area contributed by atoms with Crippen LogP contribution in [0.2, 0.25) is 0 Å². The van der Waals surface area contributed by atoms with E-state index in [0.717, 1.165) is 35.3 Å². The van der Waals surface area contributed by atoms with Crippen molar-refractivity contribution in [3.8, 4) is 11.4 Å². The molecule has 1 N–H and O–H groups in total. The van der Waals surface area contributed by atoms with E-state index in [9.17, 15) is 17.6 Å². The Kier molecular flexibility index (Phi) is 6.53. The molecule has 1 aliphatic heterocycles. The molecule has 0 bridgehead atoms. The molecule has 6 nitrogen and oxygen atoms in total. The van der Waals surface area contributed by atoms with Crippen LogP contribution in [0.4, 0.5) is 17.6 Å².